The number of oxime groups is 1. The predicted molar refractivity (Wildman–Crippen MR) is 67.5 cm³/mol. The third kappa shape index (κ3) is 4.29. The molecule has 0 amide bonds. The van der Waals surface area contributed by atoms with Gasteiger partial charge in [-0.2, -0.15) is 13.2 Å². The van der Waals surface area contributed by atoms with Crippen molar-refractivity contribution in [3.63, 3.8) is 0 Å². The fraction of sp³-hybridized carbons (Fsp3) is 0.417. The first kappa shape index (κ1) is 16.1. The zero-order valence-electron chi connectivity index (χ0n) is 10.8. The van der Waals surface area contributed by atoms with E-state index < -0.39 is 24.4 Å². The van der Waals surface area contributed by atoms with E-state index in [1.807, 2.05) is 0 Å². The summed E-state index contributed by atoms with van der Waals surface area (Å²) in [5, 5.41) is 11.4. The van der Waals surface area contributed by atoms with Crippen LogP contribution in [0.3, 0.4) is 0 Å². The van der Waals surface area contributed by atoms with Gasteiger partial charge in [-0.3, -0.25) is 0 Å². The summed E-state index contributed by atoms with van der Waals surface area (Å²) in [7, 11) is 0. The molecular weight excluding hydrogens is 278 g/mol. The van der Waals surface area contributed by atoms with E-state index in [2.05, 4.69) is 5.16 Å². The number of halogens is 4. The largest absolute Gasteiger partial charge is 0.409 e. The molecule has 0 bridgehead atoms. The molecule has 3 N–H and O–H groups in total. The molecule has 0 aliphatic heterocycles. The van der Waals surface area contributed by atoms with Gasteiger partial charge in [-0.25, -0.2) is 4.39 Å². The second-order valence-corrected chi connectivity index (χ2v) is 4.18. The van der Waals surface area contributed by atoms with Gasteiger partial charge in [-0.05, 0) is 24.6 Å². The minimum absolute atomic E-state index is 0.0703. The molecule has 0 atom stereocenters. The number of anilines is 1. The minimum atomic E-state index is -4.41. The highest BCUT2D eigenvalue weighted by atomic mass is 19.4. The summed E-state index contributed by atoms with van der Waals surface area (Å²) >= 11 is 0. The molecule has 0 aliphatic carbocycles. The lowest BCUT2D eigenvalue weighted by atomic mass is 10.1. The zero-order valence-corrected chi connectivity index (χ0v) is 10.8. The van der Waals surface area contributed by atoms with Crippen LogP contribution in [0.15, 0.2) is 23.4 Å². The van der Waals surface area contributed by atoms with Crippen LogP contribution in [0.4, 0.5) is 23.2 Å². The standard InChI is InChI=1S/C12H15F4N3O/c1-2-5-19(7-12(14,15)16)10-4-3-8(13)6-9(10)11(17)18-20/h3-4,6,20H,2,5,7H2,1H3,(H2,17,18). The highest BCUT2D eigenvalue weighted by Gasteiger charge is 2.31. The van der Waals surface area contributed by atoms with Crippen molar-refractivity contribution in [1.82, 2.24) is 0 Å². The van der Waals surface area contributed by atoms with Crippen LogP contribution in [0.25, 0.3) is 0 Å². The zero-order chi connectivity index (χ0) is 15.3. The normalized spacial score (nSPS) is 12.6. The van der Waals surface area contributed by atoms with Crippen molar-refractivity contribution in [3.8, 4) is 0 Å². The maximum atomic E-state index is 13.2. The third-order valence-electron chi connectivity index (χ3n) is 2.55. The maximum Gasteiger partial charge on any atom is 0.405 e. The van der Waals surface area contributed by atoms with Crippen LogP contribution in [-0.2, 0) is 0 Å². The van der Waals surface area contributed by atoms with Gasteiger partial charge in [-0.15, -0.1) is 0 Å². The van der Waals surface area contributed by atoms with Gasteiger partial charge >= 0.3 is 6.18 Å². The molecule has 0 radical (unpaired) electrons. The Balaban J connectivity index is 3.25. The average Bonchev–Trinajstić information content (AvgIpc) is 2.35. The molecule has 112 valence electrons. The van der Waals surface area contributed by atoms with Crippen LogP contribution in [0.5, 0.6) is 0 Å². The van der Waals surface area contributed by atoms with Crippen molar-refractivity contribution in [1.29, 1.82) is 0 Å². The molecule has 0 aromatic heterocycles. The van der Waals surface area contributed by atoms with Gasteiger partial charge in [0, 0.05) is 17.8 Å². The minimum Gasteiger partial charge on any atom is -0.409 e. The van der Waals surface area contributed by atoms with E-state index in [9.17, 15) is 17.6 Å². The molecule has 0 fully saturated rings. The first-order valence-electron chi connectivity index (χ1n) is 5.87. The smallest absolute Gasteiger partial charge is 0.405 e. The van der Waals surface area contributed by atoms with E-state index in [0.717, 1.165) is 17.0 Å². The second kappa shape index (κ2) is 6.44. The number of amidine groups is 1. The summed E-state index contributed by atoms with van der Waals surface area (Å²) in [6.45, 7) is 0.630. The first-order valence-corrected chi connectivity index (χ1v) is 5.87. The Morgan fingerprint density at radius 1 is 1.40 bits per heavy atom. The lowest BCUT2D eigenvalue weighted by Crippen LogP contribution is -2.36. The molecule has 4 nitrogen and oxygen atoms in total. The van der Waals surface area contributed by atoms with Gasteiger partial charge in [0.2, 0.25) is 0 Å². The summed E-state index contributed by atoms with van der Waals surface area (Å²) in [5.41, 5.74) is 5.38. The molecule has 0 saturated carbocycles. The number of nitrogens with zero attached hydrogens (tertiary/aromatic N) is 2. The Morgan fingerprint density at radius 3 is 2.55 bits per heavy atom. The monoisotopic (exact) mass is 293 g/mol. The molecule has 8 heteroatoms. The van der Waals surface area contributed by atoms with E-state index in [1.165, 1.54) is 6.07 Å². The average molecular weight is 293 g/mol. The number of hydrogen-bond donors (Lipinski definition) is 2. The van der Waals surface area contributed by atoms with Crippen molar-refractivity contribution in [2.45, 2.75) is 19.5 Å². The SMILES string of the molecule is CCCN(CC(F)(F)F)c1ccc(F)cc1C(N)=NO. The third-order valence-corrected chi connectivity index (χ3v) is 2.55. The molecule has 0 heterocycles. The summed E-state index contributed by atoms with van der Waals surface area (Å²) in [5.74, 6) is -1.12. The van der Waals surface area contributed by atoms with E-state index in [4.69, 9.17) is 10.9 Å². The molecule has 0 aliphatic rings. The summed E-state index contributed by atoms with van der Waals surface area (Å²) in [4.78, 5) is 1.02. The topological polar surface area (TPSA) is 61.8 Å². The number of alkyl halides is 3. The van der Waals surface area contributed by atoms with Crippen molar-refractivity contribution >= 4 is 11.5 Å². The van der Waals surface area contributed by atoms with Gasteiger partial charge in [0.15, 0.2) is 5.84 Å². The van der Waals surface area contributed by atoms with Crippen molar-refractivity contribution in [2.24, 2.45) is 10.9 Å². The van der Waals surface area contributed by atoms with Gasteiger partial charge in [-0.1, -0.05) is 12.1 Å². The predicted octanol–water partition coefficient (Wildman–Crippen LogP) is 2.70. The Labute approximate surface area is 113 Å². The van der Waals surface area contributed by atoms with Gasteiger partial charge in [0.05, 0.1) is 0 Å². The summed E-state index contributed by atoms with van der Waals surface area (Å²) in [6, 6.07) is 3.15. The van der Waals surface area contributed by atoms with E-state index in [-0.39, 0.29) is 17.8 Å². The summed E-state index contributed by atoms with van der Waals surface area (Å²) in [6.07, 6.45) is -3.95. The molecule has 1 rings (SSSR count). The van der Waals surface area contributed by atoms with Crippen molar-refractivity contribution < 1.29 is 22.8 Å². The molecule has 0 saturated heterocycles. The Kier molecular flexibility index (Phi) is 5.18. The molecule has 20 heavy (non-hydrogen) atoms. The van der Waals surface area contributed by atoms with Gasteiger partial charge < -0.3 is 15.8 Å². The number of rotatable bonds is 5. The molecular formula is C12H15F4N3O. The molecule has 1 aromatic rings. The van der Waals surface area contributed by atoms with Crippen molar-refractivity contribution in [2.75, 3.05) is 18.0 Å². The van der Waals surface area contributed by atoms with Crippen LogP contribution in [0, 0.1) is 5.82 Å². The van der Waals surface area contributed by atoms with Crippen LogP contribution in [0.2, 0.25) is 0 Å². The van der Waals surface area contributed by atoms with E-state index in [1.54, 1.807) is 6.92 Å². The van der Waals surface area contributed by atoms with E-state index in [0.29, 0.717) is 6.42 Å². The Hall–Kier alpha value is -1.99. The number of hydrogen-bond acceptors (Lipinski definition) is 3. The number of benzene rings is 1. The van der Waals surface area contributed by atoms with Crippen LogP contribution >= 0.6 is 0 Å². The maximum absolute atomic E-state index is 13.2. The van der Waals surface area contributed by atoms with Gasteiger partial charge in [0.25, 0.3) is 0 Å². The lowest BCUT2D eigenvalue weighted by molar-refractivity contribution is -0.119. The molecule has 1 aromatic carbocycles. The second-order valence-electron chi connectivity index (χ2n) is 4.18. The molecule has 0 unspecified atom stereocenters. The van der Waals surface area contributed by atoms with E-state index >= 15 is 0 Å². The van der Waals surface area contributed by atoms with Crippen molar-refractivity contribution in [3.05, 3.63) is 29.6 Å². The highest BCUT2D eigenvalue weighted by molar-refractivity contribution is 6.02. The molecule has 0 spiro atoms. The highest BCUT2D eigenvalue weighted by Crippen LogP contribution is 2.26. The van der Waals surface area contributed by atoms with Gasteiger partial charge in [0.1, 0.15) is 12.4 Å². The first-order chi connectivity index (χ1) is 9.28. The van der Waals surface area contributed by atoms with Crippen LogP contribution in [-0.4, -0.2) is 30.3 Å². The lowest BCUT2D eigenvalue weighted by Gasteiger charge is -2.27. The number of nitrogens with two attached hydrogens (primary N) is 1. The fourth-order valence-electron chi connectivity index (χ4n) is 1.81. The van der Waals surface area contributed by atoms with Crippen LogP contribution < -0.4 is 10.6 Å². The fourth-order valence-corrected chi connectivity index (χ4v) is 1.81. The quantitative estimate of drug-likeness (QED) is 0.288. The Bertz CT molecular complexity index is 488. The van der Waals surface area contributed by atoms with Crippen LogP contribution in [0.1, 0.15) is 18.9 Å². The summed E-state index contributed by atoms with van der Waals surface area (Å²) < 4.78 is 50.9. The Morgan fingerprint density at radius 2 is 2.05 bits per heavy atom.